The van der Waals surface area contributed by atoms with E-state index in [1.807, 2.05) is 6.07 Å². The Morgan fingerprint density at radius 1 is 1.60 bits per heavy atom. The molecule has 82 valence electrons. The largest absolute Gasteiger partial charge is 0.370 e. The third kappa shape index (κ3) is 5.71. The molecule has 0 saturated heterocycles. The molecule has 3 N–H and O–H groups in total. The van der Waals surface area contributed by atoms with E-state index in [1.165, 1.54) is 6.33 Å². The number of carbonyl (C=O) groups is 1. The number of aromatic nitrogens is 2. The van der Waals surface area contributed by atoms with Crippen molar-refractivity contribution in [1.29, 1.82) is 0 Å². The van der Waals surface area contributed by atoms with Crippen LogP contribution in [-0.4, -0.2) is 35.6 Å². The van der Waals surface area contributed by atoms with Crippen molar-refractivity contribution in [3.8, 4) is 0 Å². The zero-order valence-corrected chi connectivity index (χ0v) is 8.35. The van der Waals surface area contributed by atoms with E-state index < -0.39 is 5.91 Å². The van der Waals surface area contributed by atoms with E-state index in [-0.39, 0.29) is 6.61 Å². The third-order valence-corrected chi connectivity index (χ3v) is 1.62. The van der Waals surface area contributed by atoms with Crippen molar-refractivity contribution in [2.45, 2.75) is 6.54 Å². The SMILES string of the molecule is NC(=O)COCCNCc1ccncn1. The molecule has 0 saturated carbocycles. The lowest BCUT2D eigenvalue weighted by molar-refractivity contribution is -0.122. The number of nitrogens with zero attached hydrogens (tertiary/aromatic N) is 2. The summed E-state index contributed by atoms with van der Waals surface area (Å²) in [6.07, 6.45) is 3.19. The first-order valence-corrected chi connectivity index (χ1v) is 4.60. The summed E-state index contributed by atoms with van der Waals surface area (Å²) < 4.78 is 4.96. The van der Waals surface area contributed by atoms with E-state index in [4.69, 9.17) is 10.5 Å². The van der Waals surface area contributed by atoms with Gasteiger partial charge in [0.15, 0.2) is 0 Å². The summed E-state index contributed by atoms with van der Waals surface area (Å²) in [5.41, 5.74) is 5.81. The molecule has 0 fully saturated rings. The number of rotatable bonds is 7. The molecule has 15 heavy (non-hydrogen) atoms. The quantitative estimate of drug-likeness (QED) is 0.567. The van der Waals surface area contributed by atoms with Gasteiger partial charge in [-0.1, -0.05) is 0 Å². The van der Waals surface area contributed by atoms with Crippen LogP contribution in [0.25, 0.3) is 0 Å². The Morgan fingerprint density at radius 3 is 3.13 bits per heavy atom. The summed E-state index contributed by atoms with van der Waals surface area (Å²) in [5, 5.41) is 3.11. The first-order chi connectivity index (χ1) is 7.29. The van der Waals surface area contributed by atoms with Crippen LogP contribution in [0, 0.1) is 0 Å². The number of primary amides is 1. The maximum atomic E-state index is 10.3. The minimum absolute atomic E-state index is 0.0326. The first-order valence-electron chi connectivity index (χ1n) is 4.60. The summed E-state index contributed by atoms with van der Waals surface area (Å²) >= 11 is 0. The minimum Gasteiger partial charge on any atom is -0.370 e. The van der Waals surface area contributed by atoms with Gasteiger partial charge < -0.3 is 15.8 Å². The summed E-state index contributed by atoms with van der Waals surface area (Å²) in [5.74, 6) is -0.453. The fourth-order valence-corrected chi connectivity index (χ4v) is 0.956. The highest BCUT2D eigenvalue weighted by Gasteiger charge is 1.94. The van der Waals surface area contributed by atoms with Gasteiger partial charge in [-0.25, -0.2) is 9.97 Å². The van der Waals surface area contributed by atoms with Gasteiger partial charge in [0.25, 0.3) is 0 Å². The highest BCUT2D eigenvalue weighted by molar-refractivity contribution is 5.74. The monoisotopic (exact) mass is 210 g/mol. The smallest absolute Gasteiger partial charge is 0.243 e. The Labute approximate surface area is 87.9 Å². The molecule has 0 spiro atoms. The van der Waals surface area contributed by atoms with Crippen LogP contribution in [0.15, 0.2) is 18.6 Å². The molecule has 1 aromatic rings. The van der Waals surface area contributed by atoms with Gasteiger partial charge in [0.2, 0.25) is 5.91 Å². The Bertz CT molecular complexity index is 291. The molecule has 1 rings (SSSR count). The van der Waals surface area contributed by atoms with Crippen LogP contribution >= 0.6 is 0 Å². The molecule has 0 atom stereocenters. The van der Waals surface area contributed by atoms with Gasteiger partial charge in [-0.2, -0.15) is 0 Å². The van der Waals surface area contributed by atoms with Crippen molar-refractivity contribution < 1.29 is 9.53 Å². The summed E-state index contributed by atoms with van der Waals surface area (Å²) in [7, 11) is 0. The number of hydrogen-bond donors (Lipinski definition) is 2. The highest BCUT2D eigenvalue weighted by atomic mass is 16.5. The number of hydrogen-bond acceptors (Lipinski definition) is 5. The topological polar surface area (TPSA) is 90.1 Å². The molecule has 1 aromatic heterocycles. The predicted octanol–water partition coefficient (Wildman–Crippen LogP) is -0.932. The van der Waals surface area contributed by atoms with E-state index in [0.717, 1.165) is 5.69 Å². The van der Waals surface area contributed by atoms with Crippen molar-refractivity contribution in [2.24, 2.45) is 5.73 Å². The summed E-state index contributed by atoms with van der Waals surface area (Å²) in [6.45, 7) is 1.73. The standard InChI is InChI=1S/C9H14N4O2/c10-9(14)6-15-4-3-11-5-8-1-2-12-7-13-8/h1-2,7,11H,3-6H2,(H2,10,14). The Balaban J connectivity index is 2.00. The average molecular weight is 210 g/mol. The molecule has 0 radical (unpaired) electrons. The fourth-order valence-electron chi connectivity index (χ4n) is 0.956. The van der Waals surface area contributed by atoms with Crippen LogP contribution in [0.1, 0.15) is 5.69 Å². The molecular formula is C9H14N4O2. The van der Waals surface area contributed by atoms with Gasteiger partial charge >= 0.3 is 0 Å². The maximum absolute atomic E-state index is 10.3. The zero-order chi connectivity index (χ0) is 10.9. The zero-order valence-electron chi connectivity index (χ0n) is 8.35. The number of carbonyl (C=O) groups excluding carboxylic acids is 1. The lowest BCUT2D eigenvalue weighted by Gasteiger charge is -2.03. The second-order valence-corrected chi connectivity index (χ2v) is 2.90. The third-order valence-electron chi connectivity index (χ3n) is 1.62. The van der Waals surface area contributed by atoms with Gasteiger partial charge in [-0.3, -0.25) is 4.79 Å². The normalized spacial score (nSPS) is 10.1. The van der Waals surface area contributed by atoms with Crippen LogP contribution in [-0.2, 0) is 16.1 Å². The van der Waals surface area contributed by atoms with Crippen LogP contribution in [0.3, 0.4) is 0 Å². The Kier molecular flexibility index (Phi) is 5.28. The molecule has 0 aliphatic carbocycles. The van der Waals surface area contributed by atoms with Crippen molar-refractivity contribution in [3.63, 3.8) is 0 Å². The first kappa shape index (κ1) is 11.5. The average Bonchev–Trinajstić information content (AvgIpc) is 2.24. The van der Waals surface area contributed by atoms with Crippen molar-refractivity contribution in [3.05, 3.63) is 24.3 Å². The maximum Gasteiger partial charge on any atom is 0.243 e. The number of nitrogens with one attached hydrogen (secondary N) is 1. The molecule has 0 aliphatic heterocycles. The molecular weight excluding hydrogens is 196 g/mol. The molecule has 0 unspecified atom stereocenters. The van der Waals surface area contributed by atoms with Crippen LogP contribution in [0.4, 0.5) is 0 Å². The van der Waals surface area contributed by atoms with E-state index in [9.17, 15) is 4.79 Å². The summed E-state index contributed by atoms with van der Waals surface area (Å²) in [6, 6.07) is 1.83. The molecule has 1 heterocycles. The van der Waals surface area contributed by atoms with E-state index in [0.29, 0.717) is 19.7 Å². The molecule has 0 aromatic carbocycles. The van der Waals surface area contributed by atoms with Crippen molar-refractivity contribution >= 4 is 5.91 Å². The minimum atomic E-state index is -0.453. The lowest BCUT2D eigenvalue weighted by atomic mass is 10.4. The van der Waals surface area contributed by atoms with E-state index in [1.54, 1.807) is 6.20 Å². The van der Waals surface area contributed by atoms with Crippen molar-refractivity contribution in [2.75, 3.05) is 19.8 Å². The summed E-state index contributed by atoms with van der Waals surface area (Å²) in [4.78, 5) is 18.2. The predicted molar refractivity (Wildman–Crippen MR) is 53.8 cm³/mol. The van der Waals surface area contributed by atoms with Gasteiger partial charge in [-0.15, -0.1) is 0 Å². The van der Waals surface area contributed by atoms with Gasteiger partial charge in [0.1, 0.15) is 12.9 Å². The highest BCUT2D eigenvalue weighted by Crippen LogP contribution is 1.88. The number of ether oxygens (including phenoxy) is 1. The second-order valence-electron chi connectivity index (χ2n) is 2.90. The van der Waals surface area contributed by atoms with Gasteiger partial charge in [-0.05, 0) is 6.07 Å². The van der Waals surface area contributed by atoms with Crippen LogP contribution < -0.4 is 11.1 Å². The molecule has 0 bridgehead atoms. The molecule has 1 amide bonds. The van der Waals surface area contributed by atoms with Crippen LogP contribution in [0.2, 0.25) is 0 Å². The molecule has 6 heteroatoms. The van der Waals surface area contributed by atoms with Crippen LogP contribution in [0.5, 0.6) is 0 Å². The fraction of sp³-hybridized carbons (Fsp3) is 0.444. The molecule has 6 nitrogen and oxygen atoms in total. The number of amides is 1. The second kappa shape index (κ2) is 6.86. The van der Waals surface area contributed by atoms with Crippen molar-refractivity contribution in [1.82, 2.24) is 15.3 Å². The number of nitrogens with two attached hydrogens (primary N) is 1. The van der Waals surface area contributed by atoms with Gasteiger partial charge in [0, 0.05) is 19.3 Å². The Hall–Kier alpha value is -1.53. The van der Waals surface area contributed by atoms with Gasteiger partial charge in [0.05, 0.1) is 12.3 Å². The molecule has 0 aliphatic rings. The lowest BCUT2D eigenvalue weighted by Crippen LogP contribution is -2.24. The van der Waals surface area contributed by atoms with E-state index >= 15 is 0 Å². The van der Waals surface area contributed by atoms with E-state index in [2.05, 4.69) is 15.3 Å². The Morgan fingerprint density at radius 2 is 2.47 bits per heavy atom.